The molecule has 0 saturated carbocycles. The topological polar surface area (TPSA) is 52.0 Å². The quantitative estimate of drug-likeness (QED) is 0.813. The molecule has 2 rings (SSSR count). The summed E-state index contributed by atoms with van der Waals surface area (Å²) in [7, 11) is 0. The number of aryl methyl sites for hydroxylation is 2. The lowest BCUT2D eigenvalue weighted by atomic mass is 10.0. The third kappa shape index (κ3) is 1.92. The van der Waals surface area contributed by atoms with E-state index in [4.69, 9.17) is 10.2 Å². The van der Waals surface area contributed by atoms with Crippen molar-refractivity contribution in [2.75, 3.05) is 0 Å². The predicted molar refractivity (Wildman–Crippen MR) is 58.4 cm³/mol. The smallest absolute Gasteiger partial charge is 0.191 e. The summed E-state index contributed by atoms with van der Waals surface area (Å²) in [5.74, 6) is 1.46. The first-order chi connectivity index (χ1) is 7.18. The number of benzene rings is 1. The van der Waals surface area contributed by atoms with Gasteiger partial charge in [0.1, 0.15) is 11.5 Å². The van der Waals surface area contributed by atoms with Gasteiger partial charge in [-0.1, -0.05) is 30.3 Å². The van der Waals surface area contributed by atoms with Crippen molar-refractivity contribution in [3.63, 3.8) is 0 Å². The van der Waals surface area contributed by atoms with E-state index in [9.17, 15) is 0 Å². The molecule has 0 radical (unpaired) electrons. The number of oxazole rings is 1. The zero-order valence-electron chi connectivity index (χ0n) is 8.90. The summed E-state index contributed by atoms with van der Waals surface area (Å²) in [6, 6.07) is 9.69. The number of nitrogens with zero attached hydrogens (tertiary/aromatic N) is 1. The van der Waals surface area contributed by atoms with Crippen LogP contribution in [0.2, 0.25) is 0 Å². The summed E-state index contributed by atoms with van der Waals surface area (Å²) in [6.45, 7) is 3.71. The molecular weight excluding hydrogens is 188 g/mol. The molecule has 0 fully saturated rings. The summed E-state index contributed by atoms with van der Waals surface area (Å²) >= 11 is 0. The molecule has 0 aliphatic carbocycles. The number of hydrogen-bond donors (Lipinski definition) is 1. The molecule has 0 amide bonds. The van der Waals surface area contributed by atoms with Crippen molar-refractivity contribution in [2.24, 2.45) is 5.73 Å². The minimum absolute atomic E-state index is 0.205. The molecule has 15 heavy (non-hydrogen) atoms. The van der Waals surface area contributed by atoms with Gasteiger partial charge in [0, 0.05) is 6.92 Å². The highest BCUT2D eigenvalue weighted by Crippen LogP contribution is 2.21. The Balaban J connectivity index is 2.36. The van der Waals surface area contributed by atoms with Gasteiger partial charge in [-0.2, -0.15) is 0 Å². The van der Waals surface area contributed by atoms with E-state index in [1.54, 1.807) is 0 Å². The third-order valence-corrected chi connectivity index (χ3v) is 2.39. The van der Waals surface area contributed by atoms with Crippen molar-refractivity contribution >= 4 is 0 Å². The maximum absolute atomic E-state index is 6.11. The van der Waals surface area contributed by atoms with Crippen LogP contribution in [-0.4, -0.2) is 4.98 Å². The lowest BCUT2D eigenvalue weighted by molar-refractivity contribution is 0.492. The van der Waals surface area contributed by atoms with Gasteiger partial charge in [0.2, 0.25) is 0 Å². The van der Waals surface area contributed by atoms with Gasteiger partial charge in [-0.25, -0.2) is 4.98 Å². The molecule has 1 unspecified atom stereocenters. The van der Waals surface area contributed by atoms with Crippen molar-refractivity contribution in [3.05, 3.63) is 53.2 Å². The highest BCUT2D eigenvalue weighted by Gasteiger charge is 2.16. The molecule has 0 bridgehead atoms. The molecule has 1 heterocycles. The first-order valence-corrected chi connectivity index (χ1v) is 4.93. The Hall–Kier alpha value is -1.61. The molecule has 3 nitrogen and oxygen atoms in total. The first kappa shape index (κ1) is 9.93. The van der Waals surface area contributed by atoms with E-state index in [-0.39, 0.29) is 6.04 Å². The van der Waals surface area contributed by atoms with Gasteiger partial charge in [-0.05, 0) is 12.5 Å². The SMILES string of the molecule is Cc1nc(C(N)c2ccccc2)c(C)o1. The van der Waals surface area contributed by atoms with Crippen LogP contribution in [0.1, 0.15) is 29.0 Å². The second-order valence-electron chi connectivity index (χ2n) is 3.56. The second kappa shape index (κ2) is 3.87. The van der Waals surface area contributed by atoms with Crippen molar-refractivity contribution < 1.29 is 4.42 Å². The van der Waals surface area contributed by atoms with Crippen LogP contribution in [0, 0.1) is 13.8 Å². The fourth-order valence-corrected chi connectivity index (χ4v) is 1.65. The Morgan fingerprint density at radius 2 is 1.87 bits per heavy atom. The van der Waals surface area contributed by atoms with Crippen LogP contribution in [-0.2, 0) is 0 Å². The van der Waals surface area contributed by atoms with E-state index in [2.05, 4.69) is 4.98 Å². The molecule has 2 aromatic rings. The Labute approximate surface area is 88.9 Å². The van der Waals surface area contributed by atoms with Gasteiger partial charge >= 0.3 is 0 Å². The van der Waals surface area contributed by atoms with Gasteiger partial charge in [0.05, 0.1) is 6.04 Å². The standard InChI is InChI=1S/C12H14N2O/c1-8-12(14-9(2)15-8)11(13)10-6-4-3-5-7-10/h3-7,11H,13H2,1-2H3. The molecule has 1 aromatic heterocycles. The molecule has 0 saturated heterocycles. The van der Waals surface area contributed by atoms with Crippen LogP contribution >= 0.6 is 0 Å². The van der Waals surface area contributed by atoms with E-state index in [0.29, 0.717) is 5.89 Å². The lowest BCUT2D eigenvalue weighted by Gasteiger charge is -2.08. The number of hydrogen-bond acceptors (Lipinski definition) is 3. The summed E-state index contributed by atoms with van der Waals surface area (Å²) in [6.07, 6.45) is 0. The second-order valence-corrected chi connectivity index (χ2v) is 3.56. The normalized spacial score (nSPS) is 12.7. The number of rotatable bonds is 2. The largest absolute Gasteiger partial charge is 0.446 e. The van der Waals surface area contributed by atoms with Crippen LogP contribution in [0.25, 0.3) is 0 Å². The van der Waals surface area contributed by atoms with Crippen LogP contribution in [0.3, 0.4) is 0 Å². The van der Waals surface area contributed by atoms with E-state index < -0.39 is 0 Å². The summed E-state index contributed by atoms with van der Waals surface area (Å²) in [5.41, 5.74) is 7.98. The fourth-order valence-electron chi connectivity index (χ4n) is 1.65. The molecule has 1 atom stereocenters. The Morgan fingerprint density at radius 1 is 1.20 bits per heavy atom. The zero-order chi connectivity index (χ0) is 10.8. The maximum Gasteiger partial charge on any atom is 0.191 e. The predicted octanol–water partition coefficient (Wildman–Crippen LogP) is 2.34. The highest BCUT2D eigenvalue weighted by molar-refractivity contribution is 5.28. The summed E-state index contributed by atoms with van der Waals surface area (Å²) in [5, 5.41) is 0. The van der Waals surface area contributed by atoms with Crippen molar-refractivity contribution in [3.8, 4) is 0 Å². The van der Waals surface area contributed by atoms with Gasteiger partial charge in [0.15, 0.2) is 5.89 Å². The van der Waals surface area contributed by atoms with Crippen LogP contribution in [0.5, 0.6) is 0 Å². The Kier molecular flexibility index (Phi) is 2.56. The third-order valence-electron chi connectivity index (χ3n) is 2.39. The van der Waals surface area contributed by atoms with Gasteiger partial charge in [0.25, 0.3) is 0 Å². The van der Waals surface area contributed by atoms with E-state index >= 15 is 0 Å². The maximum atomic E-state index is 6.11. The van der Waals surface area contributed by atoms with Gasteiger partial charge < -0.3 is 10.2 Å². The van der Waals surface area contributed by atoms with Crippen molar-refractivity contribution in [1.29, 1.82) is 0 Å². The van der Waals surface area contributed by atoms with E-state index in [1.807, 2.05) is 44.2 Å². The Bertz CT molecular complexity index is 448. The summed E-state index contributed by atoms with van der Waals surface area (Å²) < 4.78 is 5.37. The summed E-state index contributed by atoms with van der Waals surface area (Å²) in [4.78, 5) is 4.29. The van der Waals surface area contributed by atoms with Gasteiger partial charge in [-0.15, -0.1) is 0 Å². The van der Waals surface area contributed by atoms with Gasteiger partial charge in [-0.3, -0.25) is 0 Å². The molecule has 1 aromatic carbocycles. The number of nitrogens with two attached hydrogens (primary N) is 1. The average molecular weight is 202 g/mol. The monoisotopic (exact) mass is 202 g/mol. The molecule has 0 spiro atoms. The first-order valence-electron chi connectivity index (χ1n) is 4.93. The van der Waals surface area contributed by atoms with Crippen molar-refractivity contribution in [1.82, 2.24) is 4.98 Å². The molecule has 3 heteroatoms. The molecule has 2 N–H and O–H groups in total. The van der Waals surface area contributed by atoms with Crippen LogP contribution in [0.4, 0.5) is 0 Å². The molecule has 0 aliphatic heterocycles. The zero-order valence-corrected chi connectivity index (χ0v) is 8.90. The molecule has 0 aliphatic rings. The minimum Gasteiger partial charge on any atom is -0.446 e. The van der Waals surface area contributed by atoms with Crippen molar-refractivity contribution in [2.45, 2.75) is 19.9 Å². The van der Waals surface area contributed by atoms with Crippen LogP contribution < -0.4 is 5.73 Å². The minimum atomic E-state index is -0.205. The van der Waals surface area contributed by atoms with E-state index in [0.717, 1.165) is 17.0 Å². The van der Waals surface area contributed by atoms with Crippen LogP contribution in [0.15, 0.2) is 34.7 Å². The Morgan fingerprint density at radius 3 is 2.40 bits per heavy atom. The van der Waals surface area contributed by atoms with E-state index in [1.165, 1.54) is 0 Å². The number of aromatic nitrogens is 1. The molecular formula is C12H14N2O. The molecule has 78 valence electrons. The lowest BCUT2D eigenvalue weighted by Crippen LogP contribution is -2.13. The average Bonchev–Trinajstić information content (AvgIpc) is 2.58. The highest BCUT2D eigenvalue weighted by atomic mass is 16.4. The fraction of sp³-hybridized carbons (Fsp3) is 0.250.